The molecule has 0 aromatic carbocycles. The van der Waals surface area contributed by atoms with Gasteiger partial charge in [-0.3, -0.25) is 0 Å². The molecule has 1 N–H and O–H groups in total. The van der Waals surface area contributed by atoms with Crippen molar-refractivity contribution in [1.29, 1.82) is 0 Å². The summed E-state index contributed by atoms with van der Waals surface area (Å²) in [5.41, 5.74) is 0.127. The van der Waals surface area contributed by atoms with Crippen LogP contribution in [0.5, 0.6) is 0 Å². The van der Waals surface area contributed by atoms with E-state index in [0.29, 0.717) is 6.10 Å². The van der Waals surface area contributed by atoms with Crippen LogP contribution in [0.3, 0.4) is 0 Å². The van der Waals surface area contributed by atoms with Gasteiger partial charge in [-0.05, 0) is 33.7 Å². The van der Waals surface area contributed by atoms with Gasteiger partial charge >= 0.3 is 0 Å². The van der Waals surface area contributed by atoms with Gasteiger partial charge in [0.15, 0.2) is 0 Å². The van der Waals surface area contributed by atoms with E-state index in [0.717, 1.165) is 6.54 Å². The minimum absolute atomic E-state index is 0.127. The van der Waals surface area contributed by atoms with Crippen molar-refractivity contribution in [3.8, 4) is 0 Å². The van der Waals surface area contributed by atoms with E-state index in [1.54, 1.807) is 0 Å². The predicted octanol–water partition coefficient (Wildman–Crippen LogP) is 1.16. The fourth-order valence-electron chi connectivity index (χ4n) is 1.45. The van der Waals surface area contributed by atoms with E-state index in [9.17, 15) is 0 Å². The van der Waals surface area contributed by atoms with Crippen LogP contribution >= 0.6 is 0 Å². The highest BCUT2D eigenvalue weighted by Crippen LogP contribution is 2.28. The number of hydrogen-bond donors (Lipinski definition) is 1. The van der Waals surface area contributed by atoms with Crippen LogP contribution < -0.4 is 5.32 Å². The first-order valence-corrected chi connectivity index (χ1v) is 3.96. The summed E-state index contributed by atoms with van der Waals surface area (Å²) in [6, 6.07) is 0. The summed E-state index contributed by atoms with van der Waals surface area (Å²) in [4.78, 5) is 0. The van der Waals surface area contributed by atoms with E-state index in [2.05, 4.69) is 19.2 Å². The molecule has 1 aliphatic rings. The number of likely N-dealkylation sites (N-methyl/N-ethyl adjacent to an activating group) is 1. The van der Waals surface area contributed by atoms with Gasteiger partial charge in [0, 0.05) is 6.54 Å². The van der Waals surface area contributed by atoms with Crippen LogP contribution in [0.25, 0.3) is 0 Å². The molecule has 2 nitrogen and oxygen atoms in total. The van der Waals surface area contributed by atoms with Crippen molar-refractivity contribution >= 4 is 0 Å². The summed E-state index contributed by atoms with van der Waals surface area (Å²) in [6.07, 6.45) is 2.84. The zero-order valence-electron chi connectivity index (χ0n) is 7.11. The molecule has 0 aliphatic carbocycles. The summed E-state index contributed by atoms with van der Waals surface area (Å²) < 4.78 is 5.73. The molecule has 0 spiro atoms. The molecule has 1 heterocycles. The van der Waals surface area contributed by atoms with E-state index >= 15 is 0 Å². The number of rotatable bonds is 2. The Labute approximate surface area is 63.0 Å². The minimum atomic E-state index is 0.127. The Balaban J connectivity index is 2.29. The second-order valence-electron chi connectivity index (χ2n) is 3.60. The maximum Gasteiger partial charge on any atom is 0.0707 e. The second kappa shape index (κ2) is 2.89. The number of nitrogens with one attached hydrogen (secondary N) is 1. The summed E-state index contributed by atoms with van der Waals surface area (Å²) in [6.45, 7) is 5.30. The summed E-state index contributed by atoms with van der Waals surface area (Å²) in [5, 5.41) is 3.12. The lowest BCUT2D eigenvalue weighted by Gasteiger charge is -2.18. The first-order valence-electron chi connectivity index (χ1n) is 3.96. The van der Waals surface area contributed by atoms with Crippen LogP contribution in [-0.2, 0) is 4.74 Å². The highest BCUT2D eigenvalue weighted by atomic mass is 16.5. The lowest BCUT2D eigenvalue weighted by Crippen LogP contribution is -2.27. The highest BCUT2D eigenvalue weighted by molar-refractivity contribution is 4.81. The molecule has 1 saturated heterocycles. The summed E-state index contributed by atoms with van der Waals surface area (Å²) >= 11 is 0. The van der Waals surface area contributed by atoms with E-state index < -0.39 is 0 Å². The molecule has 1 fully saturated rings. The quantitative estimate of drug-likeness (QED) is 0.626. The fraction of sp³-hybridized carbons (Fsp3) is 1.00. The van der Waals surface area contributed by atoms with Crippen molar-refractivity contribution in [2.75, 3.05) is 13.6 Å². The molecule has 0 radical (unpaired) electrons. The Morgan fingerprint density at radius 1 is 1.60 bits per heavy atom. The van der Waals surface area contributed by atoms with Gasteiger partial charge in [0.25, 0.3) is 0 Å². The van der Waals surface area contributed by atoms with Crippen molar-refractivity contribution in [2.45, 2.75) is 38.4 Å². The van der Waals surface area contributed by atoms with Gasteiger partial charge in [0.05, 0.1) is 11.7 Å². The van der Waals surface area contributed by atoms with Gasteiger partial charge in [-0.2, -0.15) is 0 Å². The van der Waals surface area contributed by atoms with Crippen molar-refractivity contribution < 1.29 is 4.74 Å². The first-order chi connectivity index (χ1) is 4.64. The zero-order valence-corrected chi connectivity index (χ0v) is 7.11. The SMILES string of the molecule is CNCC1CCC(C)(C)O1. The largest absolute Gasteiger partial charge is 0.371 e. The Morgan fingerprint density at radius 3 is 2.70 bits per heavy atom. The van der Waals surface area contributed by atoms with Crippen LogP contribution in [0, 0.1) is 0 Å². The van der Waals surface area contributed by atoms with Crippen LogP contribution in [0.1, 0.15) is 26.7 Å². The normalized spacial score (nSPS) is 30.9. The molecule has 2 heteroatoms. The molecule has 10 heavy (non-hydrogen) atoms. The summed E-state index contributed by atoms with van der Waals surface area (Å²) in [5.74, 6) is 0. The van der Waals surface area contributed by atoms with Crippen molar-refractivity contribution in [3.63, 3.8) is 0 Å². The van der Waals surface area contributed by atoms with E-state index in [4.69, 9.17) is 4.74 Å². The van der Waals surface area contributed by atoms with Gasteiger partial charge in [-0.25, -0.2) is 0 Å². The molecule has 0 saturated carbocycles. The van der Waals surface area contributed by atoms with Gasteiger partial charge in [-0.1, -0.05) is 0 Å². The van der Waals surface area contributed by atoms with E-state index in [1.165, 1.54) is 12.8 Å². The molecule has 0 aromatic rings. The lowest BCUT2D eigenvalue weighted by molar-refractivity contribution is -0.0134. The molecule has 1 aliphatic heterocycles. The molecule has 0 aromatic heterocycles. The van der Waals surface area contributed by atoms with E-state index in [1.807, 2.05) is 7.05 Å². The van der Waals surface area contributed by atoms with Crippen LogP contribution in [0.2, 0.25) is 0 Å². The van der Waals surface area contributed by atoms with Gasteiger partial charge in [-0.15, -0.1) is 0 Å². The minimum Gasteiger partial charge on any atom is -0.371 e. The number of hydrogen-bond acceptors (Lipinski definition) is 2. The van der Waals surface area contributed by atoms with Crippen molar-refractivity contribution in [1.82, 2.24) is 5.32 Å². The third-order valence-electron chi connectivity index (χ3n) is 1.99. The Bertz CT molecular complexity index is 112. The van der Waals surface area contributed by atoms with Gasteiger partial charge in [0.1, 0.15) is 0 Å². The third-order valence-corrected chi connectivity index (χ3v) is 1.99. The van der Waals surface area contributed by atoms with Crippen LogP contribution in [0.4, 0.5) is 0 Å². The van der Waals surface area contributed by atoms with Crippen LogP contribution in [0.15, 0.2) is 0 Å². The number of ether oxygens (including phenoxy) is 1. The lowest BCUT2D eigenvalue weighted by atomic mass is 10.1. The molecule has 0 amide bonds. The molecule has 1 unspecified atom stereocenters. The average molecular weight is 143 g/mol. The molecule has 1 atom stereocenters. The van der Waals surface area contributed by atoms with Gasteiger partial charge < -0.3 is 10.1 Å². The molecule has 60 valence electrons. The second-order valence-corrected chi connectivity index (χ2v) is 3.60. The van der Waals surface area contributed by atoms with Crippen LogP contribution in [-0.4, -0.2) is 25.3 Å². The van der Waals surface area contributed by atoms with Crippen molar-refractivity contribution in [2.24, 2.45) is 0 Å². The third kappa shape index (κ3) is 1.96. The Kier molecular flexibility index (Phi) is 2.32. The maximum absolute atomic E-state index is 5.73. The first kappa shape index (κ1) is 8.02. The molecular formula is C8H17NO. The Hall–Kier alpha value is -0.0800. The molecule has 1 rings (SSSR count). The van der Waals surface area contributed by atoms with Crippen molar-refractivity contribution in [3.05, 3.63) is 0 Å². The average Bonchev–Trinajstić information content (AvgIpc) is 2.12. The highest BCUT2D eigenvalue weighted by Gasteiger charge is 2.30. The van der Waals surface area contributed by atoms with Gasteiger partial charge in [0.2, 0.25) is 0 Å². The maximum atomic E-state index is 5.73. The monoisotopic (exact) mass is 143 g/mol. The predicted molar refractivity (Wildman–Crippen MR) is 42.1 cm³/mol. The Morgan fingerprint density at radius 2 is 2.30 bits per heavy atom. The molecular weight excluding hydrogens is 126 g/mol. The summed E-state index contributed by atoms with van der Waals surface area (Å²) in [7, 11) is 1.97. The topological polar surface area (TPSA) is 21.3 Å². The molecule has 0 bridgehead atoms. The standard InChI is InChI=1S/C8H17NO/c1-8(2)5-4-7(10-8)6-9-3/h7,9H,4-6H2,1-3H3. The zero-order chi connectivity index (χ0) is 7.61. The smallest absolute Gasteiger partial charge is 0.0707 e. The van der Waals surface area contributed by atoms with E-state index in [-0.39, 0.29) is 5.60 Å². The fourth-order valence-corrected chi connectivity index (χ4v) is 1.45.